The first-order chi connectivity index (χ1) is 5.27. The van der Waals surface area contributed by atoms with Crippen LogP contribution >= 0.6 is 0 Å². The highest BCUT2D eigenvalue weighted by Crippen LogP contribution is 1.97. The van der Waals surface area contributed by atoms with Crippen LogP contribution in [0.25, 0.3) is 0 Å². The quantitative estimate of drug-likeness (QED) is 0.429. The first-order valence-electron chi connectivity index (χ1n) is 4.13. The maximum absolute atomic E-state index is 11.6. The van der Waals surface area contributed by atoms with Crippen molar-refractivity contribution in [3.63, 3.8) is 0 Å². The van der Waals surface area contributed by atoms with Crippen LogP contribution in [0.3, 0.4) is 0 Å². The van der Waals surface area contributed by atoms with Crippen molar-refractivity contribution in [1.29, 1.82) is 0 Å². The molecule has 0 aliphatic rings. The van der Waals surface area contributed by atoms with Crippen molar-refractivity contribution in [3.8, 4) is 0 Å². The molecule has 1 nitrogen and oxygen atoms in total. The molecule has 0 heterocycles. The summed E-state index contributed by atoms with van der Waals surface area (Å²) >= 11 is 0. The fourth-order valence-electron chi connectivity index (χ4n) is 0.749. The van der Waals surface area contributed by atoms with Crippen LogP contribution in [-0.4, -0.2) is 28.8 Å². The van der Waals surface area contributed by atoms with E-state index in [0.717, 1.165) is 19.4 Å². The molecule has 68 valence electrons. The van der Waals surface area contributed by atoms with Gasteiger partial charge in [-0.3, -0.25) is 0 Å². The number of alkyl halides is 2. The Morgan fingerprint density at radius 3 is 2.64 bits per heavy atom. The second-order valence-electron chi connectivity index (χ2n) is 2.50. The molecule has 0 rings (SSSR count). The monoisotopic (exact) mass is 182 g/mol. The number of ether oxygens (including phenoxy) is 1. The van der Waals surface area contributed by atoms with E-state index in [1.807, 2.05) is 6.92 Å². The highest BCUT2D eigenvalue weighted by molar-refractivity contribution is 6.36. The van der Waals surface area contributed by atoms with Gasteiger partial charge in [-0.1, -0.05) is 13.0 Å². The van der Waals surface area contributed by atoms with E-state index in [4.69, 9.17) is 4.74 Å². The Morgan fingerprint density at radius 2 is 2.09 bits per heavy atom. The number of halogens is 2. The third kappa shape index (κ3) is 10.0. The van der Waals surface area contributed by atoms with Crippen LogP contribution in [0.4, 0.5) is 8.78 Å². The molecule has 0 aliphatic heterocycles. The summed E-state index contributed by atoms with van der Waals surface area (Å²) in [6.07, 6.45) is 1.82. The standard InChI is InChI=1S/C7H16F2OSi/c1-2-4-10-5-3-6-11-7(8)9/h7H,2-6,11H2,1H3. The molecule has 0 aromatic heterocycles. The predicted molar refractivity (Wildman–Crippen MR) is 45.1 cm³/mol. The fraction of sp³-hybridized carbons (Fsp3) is 1.00. The second-order valence-corrected chi connectivity index (χ2v) is 4.40. The molecule has 0 bridgehead atoms. The van der Waals surface area contributed by atoms with Crippen LogP contribution in [0.2, 0.25) is 6.04 Å². The van der Waals surface area contributed by atoms with Gasteiger partial charge in [0.1, 0.15) is 9.52 Å². The minimum absolute atomic E-state index is 0.660. The van der Waals surface area contributed by atoms with E-state index in [-0.39, 0.29) is 0 Å². The Hall–Kier alpha value is 0.0369. The van der Waals surface area contributed by atoms with E-state index >= 15 is 0 Å². The van der Waals surface area contributed by atoms with Crippen LogP contribution in [0.15, 0.2) is 0 Å². The topological polar surface area (TPSA) is 9.23 Å². The van der Waals surface area contributed by atoms with Crippen molar-refractivity contribution in [2.75, 3.05) is 13.2 Å². The van der Waals surface area contributed by atoms with E-state index in [1.165, 1.54) is 0 Å². The Morgan fingerprint density at radius 1 is 1.36 bits per heavy atom. The van der Waals surface area contributed by atoms with Gasteiger partial charge in [0.2, 0.25) is 6.05 Å². The molecule has 0 amide bonds. The first kappa shape index (κ1) is 11.0. The summed E-state index contributed by atoms with van der Waals surface area (Å²) in [4.78, 5) is 0. The van der Waals surface area contributed by atoms with Gasteiger partial charge in [-0.15, -0.1) is 0 Å². The average molecular weight is 182 g/mol. The largest absolute Gasteiger partial charge is 0.381 e. The molecule has 4 heteroatoms. The predicted octanol–water partition coefficient (Wildman–Crippen LogP) is 1.61. The van der Waals surface area contributed by atoms with E-state index in [1.54, 1.807) is 0 Å². The Kier molecular flexibility index (Phi) is 8.16. The number of rotatable bonds is 7. The molecule has 0 spiro atoms. The highest BCUT2D eigenvalue weighted by Gasteiger charge is 2.01. The Bertz CT molecular complexity index is 80.8. The molecule has 0 aliphatic carbocycles. The van der Waals surface area contributed by atoms with Gasteiger partial charge in [-0.05, 0) is 12.8 Å². The van der Waals surface area contributed by atoms with Gasteiger partial charge in [0, 0.05) is 13.2 Å². The Balaban J connectivity index is 2.80. The molecular weight excluding hydrogens is 166 g/mol. The van der Waals surface area contributed by atoms with Gasteiger partial charge >= 0.3 is 0 Å². The molecule has 0 N–H and O–H groups in total. The van der Waals surface area contributed by atoms with Crippen molar-refractivity contribution < 1.29 is 13.5 Å². The van der Waals surface area contributed by atoms with Crippen LogP contribution < -0.4 is 0 Å². The third-order valence-electron chi connectivity index (χ3n) is 1.31. The molecule has 0 aromatic rings. The zero-order chi connectivity index (χ0) is 8.53. The third-order valence-corrected chi connectivity index (χ3v) is 2.65. The molecular formula is C7H16F2OSi. The number of hydrogen-bond acceptors (Lipinski definition) is 1. The van der Waals surface area contributed by atoms with Gasteiger partial charge in [0.15, 0.2) is 0 Å². The summed E-state index contributed by atoms with van der Waals surface area (Å²) in [6.45, 7) is 3.46. The lowest BCUT2D eigenvalue weighted by Gasteiger charge is -2.00. The van der Waals surface area contributed by atoms with Gasteiger partial charge < -0.3 is 4.74 Å². The smallest absolute Gasteiger partial charge is 0.214 e. The molecule has 0 radical (unpaired) electrons. The van der Waals surface area contributed by atoms with Crippen molar-refractivity contribution in [1.82, 2.24) is 0 Å². The molecule has 0 aromatic carbocycles. The summed E-state index contributed by atoms with van der Waals surface area (Å²) in [5.41, 5.74) is 0. The fourth-order valence-corrected chi connectivity index (χ4v) is 1.55. The molecule has 0 atom stereocenters. The molecule has 11 heavy (non-hydrogen) atoms. The van der Waals surface area contributed by atoms with Gasteiger partial charge in [-0.25, -0.2) is 8.78 Å². The summed E-state index contributed by atoms with van der Waals surface area (Å²) in [5, 5.41) is 0. The van der Waals surface area contributed by atoms with Crippen LogP contribution in [0.5, 0.6) is 0 Å². The van der Waals surface area contributed by atoms with Gasteiger partial charge in [0.25, 0.3) is 0 Å². The van der Waals surface area contributed by atoms with Gasteiger partial charge in [-0.2, -0.15) is 0 Å². The minimum Gasteiger partial charge on any atom is -0.381 e. The molecule has 0 fully saturated rings. The second kappa shape index (κ2) is 8.14. The van der Waals surface area contributed by atoms with Crippen molar-refractivity contribution in [2.45, 2.75) is 31.9 Å². The van der Waals surface area contributed by atoms with Crippen LogP contribution in [-0.2, 0) is 4.74 Å². The van der Waals surface area contributed by atoms with E-state index in [9.17, 15) is 8.78 Å². The SMILES string of the molecule is CCCOCCC[SiH2]C(F)F. The Labute approximate surface area is 68.9 Å². The van der Waals surface area contributed by atoms with Crippen LogP contribution in [0.1, 0.15) is 19.8 Å². The van der Waals surface area contributed by atoms with Crippen molar-refractivity contribution in [2.24, 2.45) is 0 Å². The summed E-state index contributed by atoms with van der Waals surface area (Å²) in [7, 11) is -1.10. The minimum atomic E-state index is -2.01. The van der Waals surface area contributed by atoms with E-state index < -0.39 is 15.6 Å². The van der Waals surface area contributed by atoms with E-state index in [2.05, 4.69) is 0 Å². The van der Waals surface area contributed by atoms with E-state index in [0.29, 0.717) is 12.7 Å². The normalized spacial score (nSPS) is 12.0. The van der Waals surface area contributed by atoms with Crippen LogP contribution in [0, 0.1) is 0 Å². The highest BCUT2D eigenvalue weighted by atomic mass is 28.2. The summed E-state index contributed by atoms with van der Waals surface area (Å²) in [6, 6.07) is -1.30. The molecule has 0 saturated carbocycles. The number of hydrogen-bond donors (Lipinski definition) is 0. The maximum Gasteiger partial charge on any atom is 0.214 e. The average Bonchev–Trinajstić information content (AvgIpc) is 1.96. The lowest BCUT2D eigenvalue weighted by Crippen LogP contribution is -2.05. The summed E-state index contributed by atoms with van der Waals surface area (Å²) in [5.74, 6) is 0. The summed E-state index contributed by atoms with van der Waals surface area (Å²) < 4.78 is 28.4. The zero-order valence-corrected chi connectivity index (χ0v) is 8.40. The lowest BCUT2D eigenvalue weighted by molar-refractivity contribution is 0.135. The zero-order valence-electron chi connectivity index (χ0n) is 6.98. The van der Waals surface area contributed by atoms with Crippen molar-refractivity contribution >= 4 is 9.52 Å². The molecule has 0 saturated heterocycles. The van der Waals surface area contributed by atoms with Crippen molar-refractivity contribution in [3.05, 3.63) is 0 Å². The maximum atomic E-state index is 11.6. The first-order valence-corrected chi connectivity index (χ1v) is 5.95. The molecule has 0 unspecified atom stereocenters. The lowest BCUT2D eigenvalue weighted by atomic mass is 10.5. The van der Waals surface area contributed by atoms with Gasteiger partial charge in [0.05, 0.1) is 0 Å².